The summed E-state index contributed by atoms with van der Waals surface area (Å²) < 4.78 is 6.86. The predicted molar refractivity (Wildman–Crippen MR) is 88.1 cm³/mol. The summed E-state index contributed by atoms with van der Waals surface area (Å²) in [7, 11) is 1.61. The molecule has 0 saturated carbocycles. The lowest BCUT2D eigenvalue weighted by Crippen LogP contribution is -2.24. The number of nitrogen functional groups attached to an aromatic ring is 1. The Bertz CT molecular complexity index is 900. The Kier molecular flexibility index (Phi) is 3.55. The van der Waals surface area contributed by atoms with E-state index in [0.29, 0.717) is 23.5 Å². The van der Waals surface area contributed by atoms with Gasteiger partial charge in [0.25, 0.3) is 5.56 Å². The molecule has 0 amide bonds. The van der Waals surface area contributed by atoms with E-state index in [9.17, 15) is 4.79 Å². The maximum absolute atomic E-state index is 12.5. The molecule has 3 rings (SSSR count). The van der Waals surface area contributed by atoms with Crippen LogP contribution >= 0.6 is 0 Å². The number of pyridine rings is 2. The second-order valence-electron chi connectivity index (χ2n) is 4.94. The first-order valence-corrected chi connectivity index (χ1v) is 7.08. The largest absolute Gasteiger partial charge is 0.497 e. The highest BCUT2D eigenvalue weighted by Crippen LogP contribution is 2.32. The van der Waals surface area contributed by atoms with E-state index in [2.05, 4.69) is 4.98 Å². The topological polar surface area (TPSA) is 70.1 Å². The van der Waals surface area contributed by atoms with Gasteiger partial charge in [-0.1, -0.05) is 12.1 Å². The van der Waals surface area contributed by atoms with Gasteiger partial charge in [0.1, 0.15) is 17.1 Å². The van der Waals surface area contributed by atoms with Gasteiger partial charge < -0.3 is 10.5 Å². The van der Waals surface area contributed by atoms with Crippen LogP contribution < -0.4 is 16.0 Å². The summed E-state index contributed by atoms with van der Waals surface area (Å²) >= 11 is 0. The first-order chi connectivity index (χ1) is 10.7. The minimum atomic E-state index is -0.216. The molecule has 2 heterocycles. The molecule has 0 radical (unpaired) electrons. The molecule has 0 aliphatic heterocycles. The molecule has 0 unspecified atom stereocenters. The molecule has 0 spiro atoms. The van der Waals surface area contributed by atoms with E-state index in [4.69, 9.17) is 10.5 Å². The Balaban J connectivity index is 2.43. The van der Waals surface area contributed by atoms with Gasteiger partial charge in [-0.2, -0.15) is 0 Å². The van der Waals surface area contributed by atoms with Gasteiger partial charge in [0.05, 0.1) is 7.11 Å². The minimum absolute atomic E-state index is 0.216. The maximum Gasteiger partial charge on any atom is 0.275 e. The average Bonchev–Trinajstić information content (AvgIpc) is 2.56. The zero-order chi connectivity index (χ0) is 15.7. The third-order valence-electron chi connectivity index (χ3n) is 3.73. The average molecular weight is 295 g/mol. The molecule has 0 bridgehead atoms. The summed E-state index contributed by atoms with van der Waals surface area (Å²) in [4.78, 5) is 16.9. The Morgan fingerprint density at radius 2 is 2.09 bits per heavy atom. The van der Waals surface area contributed by atoms with E-state index in [1.807, 2.05) is 43.3 Å². The van der Waals surface area contributed by atoms with Gasteiger partial charge in [0.15, 0.2) is 0 Å². The summed E-state index contributed by atoms with van der Waals surface area (Å²) in [5.74, 6) is 0.716. The van der Waals surface area contributed by atoms with Gasteiger partial charge in [-0.05, 0) is 36.8 Å². The second kappa shape index (κ2) is 5.52. The van der Waals surface area contributed by atoms with Gasteiger partial charge in [-0.15, -0.1) is 0 Å². The summed E-state index contributed by atoms with van der Waals surface area (Å²) in [6.45, 7) is 2.43. The number of methoxy groups -OCH3 is 1. The minimum Gasteiger partial charge on any atom is -0.497 e. The first kappa shape index (κ1) is 14.1. The molecule has 3 aromatic rings. The van der Waals surface area contributed by atoms with Crippen molar-refractivity contribution in [3.8, 4) is 16.9 Å². The zero-order valence-corrected chi connectivity index (χ0v) is 12.5. The van der Waals surface area contributed by atoms with Crippen LogP contribution in [0, 0.1) is 0 Å². The van der Waals surface area contributed by atoms with Crippen molar-refractivity contribution in [3.63, 3.8) is 0 Å². The quantitative estimate of drug-likeness (QED) is 0.806. The third-order valence-corrected chi connectivity index (χ3v) is 3.73. The van der Waals surface area contributed by atoms with Crippen molar-refractivity contribution in [2.45, 2.75) is 13.5 Å². The summed E-state index contributed by atoms with van der Waals surface area (Å²) in [5, 5.41) is 0.856. The van der Waals surface area contributed by atoms with Gasteiger partial charge in [0.2, 0.25) is 0 Å². The number of rotatable bonds is 3. The Hall–Kier alpha value is -2.82. The smallest absolute Gasteiger partial charge is 0.275 e. The Morgan fingerprint density at radius 1 is 1.27 bits per heavy atom. The fourth-order valence-electron chi connectivity index (χ4n) is 2.68. The molecule has 112 valence electrons. The number of ether oxygens (including phenoxy) is 1. The van der Waals surface area contributed by atoms with Crippen LogP contribution in [-0.4, -0.2) is 16.7 Å². The second-order valence-corrected chi connectivity index (χ2v) is 4.94. The van der Waals surface area contributed by atoms with E-state index < -0.39 is 0 Å². The lowest BCUT2D eigenvalue weighted by Gasteiger charge is -2.14. The van der Waals surface area contributed by atoms with Crippen LogP contribution in [0.2, 0.25) is 0 Å². The molecule has 2 aromatic heterocycles. The molecule has 1 aromatic carbocycles. The summed E-state index contributed by atoms with van der Waals surface area (Å²) in [6, 6.07) is 11.3. The van der Waals surface area contributed by atoms with Crippen LogP contribution in [0.4, 0.5) is 5.69 Å². The number of anilines is 1. The number of nitrogens with two attached hydrogens (primary N) is 1. The number of hydrogen-bond donors (Lipinski definition) is 1. The standard InChI is InChI=1S/C17H17N3O2/c1-3-20-16-13(8-5-9-19-16)14(15(18)17(20)21)11-6-4-7-12(10-11)22-2/h4-10H,3,18H2,1-2H3. The lowest BCUT2D eigenvalue weighted by atomic mass is 10.0. The number of nitrogens with zero attached hydrogens (tertiary/aromatic N) is 2. The van der Waals surface area contributed by atoms with E-state index in [1.54, 1.807) is 17.9 Å². The van der Waals surface area contributed by atoms with E-state index in [0.717, 1.165) is 10.9 Å². The van der Waals surface area contributed by atoms with Crippen LogP contribution in [0.5, 0.6) is 5.75 Å². The van der Waals surface area contributed by atoms with Crippen molar-refractivity contribution in [2.24, 2.45) is 0 Å². The number of aryl methyl sites for hydroxylation is 1. The highest BCUT2D eigenvalue weighted by Gasteiger charge is 2.16. The molecule has 0 saturated heterocycles. The molecule has 5 heteroatoms. The van der Waals surface area contributed by atoms with Crippen molar-refractivity contribution in [1.82, 2.24) is 9.55 Å². The fraction of sp³-hybridized carbons (Fsp3) is 0.176. The molecule has 5 nitrogen and oxygen atoms in total. The molecular formula is C17H17N3O2. The Morgan fingerprint density at radius 3 is 2.82 bits per heavy atom. The number of hydrogen-bond acceptors (Lipinski definition) is 4. The highest BCUT2D eigenvalue weighted by atomic mass is 16.5. The molecule has 0 fully saturated rings. The van der Waals surface area contributed by atoms with Gasteiger partial charge >= 0.3 is 0 Å². The molecule has 2 N–H and O–H groups in total. The van der Waals surface area contributed by atoms with Crippen LogP contribution in [0.15, 0.2) is 47.4 Å². The fourth-order valence-corrected chi connectivity index (χ4v) is 2.68. The van der Waals surface area contributed by atoms with Crippen LogP contribution in [-0.2, 0) is 6.54 Å². The third kappa shape index (κ3) is 2.11. The normalized spacial score (nSPS) is 10.8. The number of aromatic nitrogens is 2. The van der Waals surface area contributed by atoms with Gasteiger partial charge in [-0.25, -0.2) is 4.98 Å². The number of fused-ring (bicyclic) bond motifs is 1. The lowest BCUT2D eigenvalue weighted by molar-refractivity contribution is 0.415. The SMILES string of the molecule is CCn1c(=O)c(N)c(-c2cccc(OC)c2)c2cccnc21. The molecule has 22 heavy (non-hydrogen) atoms. The van der Waals surface area contributed by atoms with E-state index >= 15 is 0 Å². The van der Waals surface area contributed by atoms with Crippen molar-refractivity contribution in [3.05, 3.63) is 52.9 Å². The van der Waals surface area contributed by atoms with Crippen LogP contribution in [0.3, 0.4) is 0 Å². The predicted octanol–water partition coefficient (Wildman–Crippen LogP) is 2.67. The van der Waals surface area contributed by atoms with Crippen molar-refractivity contribution in [1.29, 1.82) is 0 Å². The molecule has 0 aliphatic rings. The maximum atomic E-state index is 12.5. The summed E-state index contributed by atoms with van der Waals surface area (Å²) in [5.41, 5.74) is 8.35. The van der Waals surface area contributed by atoms with Crippen LogP contribution in [0.1, 0.15) is 6.92 Å². The monoisotopic (exact) mass is 295 g/mol. The van der Waals surface area contributed by atoms with Crippen molar-refractivity contribution < 1.29 is 4.74 Å². The summed E-state index contributed by atoms with van der Waals surface area (Å²) in [6.07, 6.45) is 1.68. The van der Waals surface area contributed by atoms with Gasteiger partial charge in [0, 0.05) is 23.7 Å². The molecule has 0 atom stereocenters. The first-order valence-electron chi connectivity index (χ1n) is 7.08. The van der Waals surface area contributed by atoms with Crippen molar-refractivity contribution in [2.75, 3.05) is 12.8 Å². The van der Waals surface area contributed by atoms with Gasteiger partial charge in [-0.3, -0.25) is 9.36 Å². The van der Waals surface area contributed by atoms with E-state index in [-0.39, 0.29) is 11.2 Å². The van der Waals surface area contributed by atoms with Crippen molar-refractivity contribution >= 4 is 16.7 Å². The van der Waals surface area contributed by atoms with E-state index in [1.165, 1.54) is 0 Å². The zero-order valence-electron chi connectivity index (χ0n) is 12.5. The number of benzene rings is 1. The molecule has 0 aliphatic carbocycles. The Labute approximate surface area is 128 Å². The molecular weight excluding hydrogens is 278 g/mol. The van der Waals surface area contributed by atoms with Crippen LogP contribution in [0.25, 0.3) is 22.2 Å². The highest BCUT2D eigenvalue weighted by molar-refractivity contribution is 5.99.